The molecular formula is C13H15N3O3S. The molecule has 0 aliphatic heterocycles. The smallest absolute Gasteiger partial charge is 0.267 e. The third-order valence-electron chi connectivity index (χ3n) is 3.35. The lowest BCUT2D eigenvalue weighted by Crippen LogP contribution is -2.33. The van der Waals surface area contributed by atoms with E-state index in [1.807, 2.05) is 12.1 Å². The highest BCUT2D eigenvalue weighted by Crippen LogP contribution is 2.27. The van der Waals surface area contributed by atoms with Gasteiger partial charge in [-0.25, -0.2) is 17.8 Å². The molecule has 2 aromatic rings. The van der Waals surface area contributed by atoms with E-state index in [0.717, 1.165) is 18.2 Å². The molecule has 1 N–H and O–H groups in total. The van der Waals surface area contributed by atoms with E-state index in [4.69, 9.17) is 0 Å². The molecule has 1 aromatic heterocycles. The number of nitrogens with one attached hydrogen (secondary N) is 1. The number of fused-ring (bicyclic) bond motifs is 1. The fourth-order valence-electron chi connectivity index (χ4n) is 2.08. The van der Waals surface area contributed by atoms with Gasteiger partial charge < -0.3 is 0 Å². The highest BCUT2D eigenvalue weighted by atomic mass is 32.2. The van der Waals surface area contributed by atoms with Crippen LogP contribution in [0.2, 0.25) is 0 Å². The standard InChI is InChI=1S/C13H15N3O3S/c17-13-12-4-2-1-3-10(12)9-14-16(13)8-7-15-20(18,19)11-5-6-11/h1-4,9,11,15H,5-8H2. The predicted molar refractivity (Wildman–Crippen MR) is 75.9 cm³/mol. The maximum absolute atomic E-state index is 12.2. The molecular weight excluding hydrogens is 278 g/mol. The van der Waals surface area contributed by atoms with Gasteiger partial charge >= 0.3 is 0 Å². The van der Waals surface area contributed by atoms with Crippen molar-refractivity contribution in [3.8, 4) is 0 Å². The van der Waals surface area contributed by atoms with Crippen molar-refractivity contribution >= 4 is 20.8 Å². The summed E-state index contributed by atoms with van der Waals surface area (Å²) in [7, 11) is -3.21. The maximum atomic E-state index is 12.2. The van der Waals surface area contributed by atoms with E-state index in [1.165, 1.54) is 4.68 Å². The summed E-state index contributed by atoms with van der Waals surface area (Å²) in [6.07, 6.45) is 3.07. The van der Waals surface area contributed by atoms with E-state index >= 15 is 0 Å². The Labute approximate surface area is 116 Å². The second kappa shape index (κ2) is 4.99. The lowest BCUT2D eigenvalue weighted by molar-refractivity contribution is 0.549. The van der Waals surface area contributed by atoms with E-state index in [1.54, 1.807) is 18.3 Å². The Morgan fingerprint density at radius 1 is 1.30 bits per heavy atom. The monoisotopic (exact) mass is 293 g/mol. The number of hydrogen-bond donors (Lipinski definition) is 1. The predicted octanol–water partition coefficient (Wildman–Crippen LogP) is 0.478. The van der Waals surface area contributed by atoms with Crippen LogP contribution in [0.1, 0.15) is 12.8 Å². The van der Waals surface area contributed by atoms with Crippen LogP contribution >= 0.6 is 0 Å². The normalized spacial score (nSPS) is 15.6. The summed E-state index contributed by atoms with van der Waals surface area (Å²) < 4.78 is 27.1. The molecule has 7 heteroatoms. The van der Waals surface area contributed by atoms with Crippen molar-refractivity contribution in [3.05, 3.63) is 40.8 Å². The molecule has 0 bridgehead atoms. The van der Waals surface area contributed by atoms with Gasteiger partial charge in [0.15, 0.2) is 0 Å². The molecule has 0 spiro atoms. The zero-order valence-corrected chi connectivity index (χ0v) is 11.6. The van der Waals surface area contributed by atoms with E-state index < -0.39 is 10.0 Å². The summed E-state index contributed by atoms with van der Waals surface area (Å²) in [5, 5.41) is 5.18. The fourth-order valence-corrected chi connectivity index (χ4v) is 3.45. The van der Waals surface area contributed by atoms with Gasteiger partial charge in [0.25, 0.3) is 5.56 Å². The number of hydrogen-bond acceptors (Lipinski definition) is 4. The average Bonchev–Trinajstić information content (AvgIpc) is 3.26. The molecule has 0 saturated heterocycles. The van der Waals surface area contributed by atoms with Gasteiger partial charge in [0.2, 0.25) is 10.0 Å². The van der Waals surface area contributed by atoms with Gasteiger partial charge in [-0.1, -0.05) is 18.2 Å². The largest absolute Gasteiger partial charge is 0.274 e. The summed E-state index contributed by atoms with van der Waals surface area (Å²) in [5.41, 5.74) is -0.200. The molecule has 1 fully saturated rings. The molecule has 1 heterocycles. The molecule has 3 rings (SSSR count). The van der Waals surface area contributed by atoms with Crippen LogP contribution in [-0.2, 0) is 16.6 Å². The van der Waals surface area contributed by atoms with Crippen molar-refractivity contribution in [3.63, 3.8) is 0 Å². The summed E-state index contributed by atoms with van der Waals surface area (Å²) in [6, 6.07) is 7.20. The Morgan fingerprint density at radius 3 is 2.80 bits per heavy atom. The van der Waals surface area contributed by atoms with Gasteiger partial charge in [0.1, 0.15) is 0 Å². The van der Waals surface area contributed by atoms with Gasteiger partial charge in [-0.2, -0.15) is 5.10 Å². The average molecular weight is 293 g/mol. The Morgan fingerprint density at radius 2 is 2.05 bits per heavy atom. The minimum atomic E-state index is -3.21. The SMILES string of the molecule is O=c1c2ccccc2cnn1CCNS(=O)(=O)C1CC1. The van der Waals surface area contributed by atoms with Gasteiger partial charge in [-0.05, 0) is 18.9 Å². The van der Waals surface area contributed by atoms with Crippen LogP contribution in [0, 0.1) is 0 Å². The summed E-state index contributed by atoms with van der Waals surface area (Å²) in [4.78, 5) is 12.2. The lowest BCUT2D eigenvalue weighted by Gasteiger charge is -2.07. The number of rotatable bonds is 5. The van der Waals surface area contributed by atoms with E-state index in [9.17, 15) is 13.2 Å². The van der Waals surface area contributed by atoms with E-state index in [0.29, 0.717) is 5.39 Å². The van der Waals surface area contributed by atoms with Gasteiger partial charge in [0.05, 0.1) is 23.4 Å². The summed E-state index contributed by atoms with van der Waals surface area (Å²) >= 11 is 0. The van der Waals surface area contributed by atoms with E-state index in [2.05, 4.69) is 9.82 Å². The van der Waals surface area contributed by atoms with Crippen molar-refractivity contribution in [2.45, 2.75) is 24.6 Å². The third-order valence-corrected chi connectivity index (χ3v) is 5.31. The first-order chi connectivity index (χ1) is 9.58. The Bertz CT molecular complexity index is 794. The number of nitrogens with zero attached hydrogens (tertiary/aromatic N) is 2. The second-order valence-corrected chi connectivity index (χ2v) is 6.94. The fraction of sp³-hybridized carbons (Fsp3) is 0.385. The second-order valence-electron chi connectivity index (χ2n) is 4.90. The van der Waals surface area contributed by atoms with Crippen LogP contribution in [0.15, 0.2) is 35.3 Å². The van der Waals surface area contributed by atoms with Crippen molar-refractivity contribution in [1.29, 1.82) is 0 Å². The minimum absolute atomic E-state index is 0.185. The molecule has 0 radical (unpaired) electrons. The number of aromatic nitrogens is 2. The first kappa shape index (κ1) is 13.3. The molecule has 0 unspecified atom stereocenters. The molecule has 1 aliphatic rings. The third kappa shape index (κ3) is 2.59. The molecule has 106 valence electrons. The quantitative estimate of drug-likeness (QED) is 0.869. The first-order valence-electron chi connectivity index (χ1n) is 6.51. The van der Waals surface area contributed by atoms with Crippen LogP contribution in [0.4, 0.5) is 0 Å². The van der Waals surface area contributed by atoms with Crippen LogP contribution < -0.4 is 10.3 Å². The molecule has 0 atom stereocenters. The topological polar surface area (TPSA) is 81.1 Å². The van der Waals surface area contributed by atoms with Crippen LogP contribution in [0.25, 0.3) is 10.8 Å². The Hall–Kier alpha value is -1.73. The maximum Gasteiger partial charge on any atom is 0.274 e. The van der Waals surface area contributed by atoms with E-state index in [-0.39, 0.29) is 23.9 Å². The number of sulfonamides is 1. The van der Waals surface area contributed by atoms with Crippen molar-refractivity contribution in [2.24, 2.45) is 0 Å². The summed E-state index contributed by atoms with van der Waals surface area (Å²) in [6.45, 7) is 0.416. The molecule has 1 saturated carbocycles. The Kier molecular flexibility index (Phi) is 3.31. The zero-order chi connectivity index (χ0) is 14.2. The number of benzene rings is 1. The molecule has 1 aliphatic carbocycles. The van der Waals surface area contributed by atoms with Gasteiger partial charge in [-0.3, -0.25) is 4.79 Å². The highest BCUT2D eigenvalue weighted by Gasteiger charge is 2.35. The minimum Gasteiger partial charge on any atom is -0.267 e. The zero-order valence-electron chi connectivity index (χ0n) is 10.8. The van der Waals surface area contributed by atoms with Crippen LogP contribution in [-0.4, -0.2) is 30.0 Å². The van der Waals surface area contributed by atoms with Crippen LogP contribution in [0.3, 0.4) is 0 Å². The van der Waals surface area contributed by atoms with Crippen molar-refractivity contribution in [2.75, 3.05) is 6.54 Å². The summed E-state index contributed by atoms with van der Waals surface area (Å²) in [5.74, 6) is 0. The van der Waals surface area contributed by atoms with Crippen molar-refractivity contribution < 1.29 is 8.42 Å². The molecule has 0 amide bonds. The van der Waals surface area contributed by atoms with Crippen LogP contribution in [0.5, 0.6) is 0 Å². The van der Waals surface area contributed by atoms with Crippen molar-refractivity contribution in [1.82, 2.24) is 14.5 Å². The van der Waals surface area contributed by atoms with Gasteiger partial charge in [0, 0.05) is 11.9 Å². The molecule has 20 heavy (non-hydrogen) atoms. The lowest BCUT2D eigenvalue weighted by atomic mass is 10.2. The Balaban J connectivity index is 1.75. The highest BCUT2D eigenvalue weighted by molar-refractivity contribution is 7.90. The molecule has 6 nitrogen and oxygen atoms in total. The first-order valence-corrected chi connectivity index (χ1v) is 8.06. The molecule has 1 aromatic carbocycles. The van der Waals surface area contributed by atoms with Gasteiger partial charge in [-0.15, -0.1) is 0 Å².